The SMILES string of the molecule is CCCNC(=O)CN(C)c1cccc(CN)c1. The van der Waals surface area contributed by atoms with Crippen molar-refractivity contribution in [3.63, 3.8) is 0 Å². The lowest BCUT2D eigenvalue weighted by Crippen LogP contribution is -2.35. The molecular formula is C13H21N3O. The second kappa shape index (κ2) is 6.91. The van der Waals surface area contributed by atoms with E-state index in [1.807, 2.05) is 43.1 Å². The zero-order chi connectivity index (χ0) is 12.7. The first kappa shape index (κ1) is 13.5. The molecule has 0 saturated heterocycles. The van der Waals surface area contributed by atoms with Crippen LogP contribution in [-0.4, -0.2) is 26.0 Å². The number of rotatable bonds is 6. The van der Waals surface area contributed by atoms with E-state index in [-0.39, 0.29) is 5.91 Å². The van der Waals surface area contributed by atoms with Gasteiger partial charge in [0.05, 0.1) is 6.54 Å². The minimum absolute atomic E-state index is 0.0486. The van der Waals surface area contributed by atoms with Gasteiger partial charge >= 0.3 is 0 Å². The highest BCUT2D eigenvalue weighted by atomic mass is 16.2. The molecule has 0 aromatic heterocycles. The summed E-state index contributed by atoms with van der Waals surface area (Å²) in [6.45, 7) is 3.65. The molecule has 17 heavy (non-hydrogen) atoms. The molecule has 0 spiro atoms. The van der Waals surface area contributed by atoms with E-state index in [2.05, 4.69) is 5.32 Å². The molecule has 0 radical (unpaired) electrons. The van der Waals surface area contributed by atoms with Crippen molar-refractivity contribution >= 4 is 11.6 Å². The van der Waals surface area contributed by atoms with Crippen LogP contribution in [0, 0.1) is 0 Å². The van der Waals surface area contributed by atoms with Crippen LogP contribution in [-0.2, 0) is 11.3 Å². The van der Waals surface area contributed by atoms with Crippen molar-refractivity contribution in [1.29, 1.82) is 0 Å². The Labute approximate surface area is 103 Å². The minimum Gasteiger partial charge on any atom is -0.365 e. The zero-order valence-corrected chi connectivity index (χ0v) is 10.6. The first-order valence-electron chi connectivity index (χ1n) is 5.94. The van der Waals surface area contributed by atoms with E-state index in [0.29, 0.717) is 13.1 Å². The molecule has 3 N–H and O–H groups in total. The van der Waals surface area contributed by atoms with Gasteiger partial charge in [0.2, 0.25) is 5.91 Å². The van der Waals surface area contributed by atoms with Gasteiger partial charge in [-0.3, -0.25) is 4.79 Å². The second-order valence-corrected chi connectivity index (χ2v) is 4.08. The number of hydrogen-bond acceptors (Lipinski definition) is 3. The van der Waals surface area contributed by atoms with Gasteiger partial charge in [-0.1, -0.05) is 19.1 Å². The first-order chi connectivity index (χ1) is 8.17. The third-order valence-electron chi connectivity index (χ3n) is 2.54. The molecule has 0 fully saturated rings. The third kappa shape index (κ3) is 4.44. The van der Waals surface area contributed by atoms with Crippen molar-refractivity contribution in [1.82, 2.24) is 5.32 Å². The Morgan fingerprint density at radius 1 is 1.47 bits per heavy atom. The van der Waals surface area contributed by atoms with Gasteiger partial charge in [0.15, 0.2) is 0 Å². The van der Waals surface area contributed by atoms with E-state index in [1.165, 1.54) is 0 Å². The average Bonchev–Trinajstić information content (AvgIpc) is 2.36. The zero-order valence-electron chi connectivity index (χ0n) is 10.6. The Bertz CT molecular complexity index is 365. The molecule has 0 saturated carbocycles. The van der Waals surface area contributed by atoms with Crippen LogP contribution in [0.25, 0.3) is 0 Å². The van der Waals surface area contributed by atoms with E-state index in [0.717, 1.165) is 24.2 Å². The summed E-state index contributed by atoms with van der Waals surface area (Å²) in [6.07, 6.45) is 0.956. The van der Waals surface area contributed by atoms with Crippen LogP contribution in [0.3, 0.4) is 0 Å². The predicted molar refractivity (Wildman–Crippen MR) is 70.9 cm³/mol. The van der Waals surface area contributed by atoms with Crippen LogP contribution in [0.1, 0.15) is 18.9 Å². The molecule has 0 atom stereocenters. The maximum Gasteiger partial charge on any atom is 0.239 e. The fourth-order valence-electron chi connectivity index (χ4n) is 1.55. The summed E-state index contributed by atoms with van der Waals surface area (Å²) in [5, 5.41) is 2.86. The van der Waals surface area contributed by atoms with E-state index < -0.39 is 0 Å². The fraction of sp³-hybridized carbons (Fsp3) is 0.462. The van der Waals surface area contributed by atoms with Crippen molar-refractivity contribution in [2.24, 2.45) is 5.73 Å². The van der Waals surface area contributed by atoms with Crippen LogP contribution in [0.2, 0.25) is 0 Å². The van der Waals surface area contributed by atoms with E-state index in [9.17, 15) is 4.79 Å². The van der Waals surface area contributed by atoms with Crippen LogP contribution >= 0.6 is 0 Å². The fourth-order valence-corrected chi connectivity index (χ4v) is 1.55. The normalized spacial score (nSPS) is 10.1. The number of anilines is 1. The third-order valence-corrected chi connectivity index (χ3v) is 2.54. The molecule has 0 aliphatic heterocycles. The molecular weight excluding hydrogens is 214 g/mol. The number of carbonyl (C=O) groups excluding carboxylic acids is 1. The second-order valence-electron chi connectivity index (χ2n) is 4.08. The number of nitrogens with zero attached hydrogens (tertiary/aromatic N) is 1. The van der Waals surface area contributed by atoms with Gasteiger partial charge in [0, 0.05) is 25.8 Å². The predicted octanol–water partition coefficient (Wildman–Crippen LogP) is 1.11. The first-order valence-corrected chi connectivity index (χ1v) is 5.94. The number of benzene rings is 1. The largest absolute Gasteiger partial charge is 0.365 e. The number of carbonyl (C=O) groups is 1. The summed E-state index contributed by atoms with van der Waals surface area (Å²) in [4.78, 5) is 13.5. The lowest BCUT2D eigenvalue weighted by Gasteiger charge is -2.19. The molecule has 1 aromatic rings. The van der Waals surface area contributed by atoms with Crippen LogP contribution in [0.4, 0.5) is 5.69 Å². The Balaban J connectivity index is 2.56. The van der Waals surface area contributed by atoms with Gasteiger partial charge in [-0.15, -0.1) is 0 Å². The van der Waals surface area contributed by atoms with Crippen molar-refractivity contribution in [2.75, 3.05) is 25.0 Å². The summed E-state index contributed by atoms with van der Waals surface area (Å²) in [5.74, 6) is 0.0486. The highest BCUT2D eigenvalue weighted by Gasteiger charge is 2.06. The highest BCUT2D eigenvalue weighted by molar-refractivity contribution is 5.81. The summed E-state index contributed by atoms with van der Waals surface area (Å²) in [5.41, 5.74) is 7.67. The lowest BCUT2D eigenvalue weighted by molar-refractivity contribution is -0.119. The van der Waals surface area contributed by atoms with Crippen molar-refractivity contribution in [2.45, 2.75) is 19.9 Å². The van der Waals surface area contributed by atoms with Crippen LogP contribution in [0.15, 0.2) is 24.3 Å². The topological polar surface area (TPSA) is 58.4 Å². The number of amides is 1. The maximum atomic E-state index is 11.6. The van der Waals surface area contributed by atoms with Gasteiger partial charge < -0.3 is 16.0 Å². The van der Waals surface area contributed by atoms with Gasteiger partial charge in [-0.2, -0.15) is 0 Å². The van der Waals surface area contributed by atoms with Crippen LogP contribution in [0.5, 0.6) is 0 Å². The van der Waals surface area contributed by atoms with Gasteiger partial charge in [-0.25, -0.2) is 0 Å². The van der Waals surface area contributed by atoms with Gasteiger partial charge in [0.1, 0.15) is 0 Å². The Morgan fingerprint density at radius 3 is 2.88 bits per heavy atom. The van der Waals surface area contributed by atoms with E-state index >= 15 is 0 Å². The molecule has 1 aromatic carbocycles. The highest BCUT2D eigenvalue weighted by Crippen LogP contribution is 2.13. The molecule has 94 valence electrons. The number of likely N-dealkylation sites (N-methyl/N-ethyl adjacent to an activating group) is 1. The quantitative estimate of drug-likeness (QED) is 0.776. The maximum absolute atomic E-state index is 11.6. The van der Waals surface area contributed by atoms with Crippen LogP contribution < -0.4 is 16.0 Å². The van der Waals surface area contributed by atoms with E-state index in [4.69, 9.17) is 5.73 Å². The standard InChI is InChI=1S/C13H21N3O/c1-3-7-15-13(17)10-16(2)12-6-4-5-11(8-12)9-14/h4-6,8H,3,7,9-10,14H2,1-2H3,(H,15,17). The molecule has 4 heteroatoms. The Hall–Kier alpha value is -1.55. The van der Waals surface area contributed by atoms with Crippen molar-refractivity contribution in [3.05, 3.63) is 29.8 Å². The summed E-state index contributed by atoms with van der Waals surface area (Å²) in [7, 11) is 1.90. The molecule has 0 bridgehead atoms. The number of hydrogen-bond donors (Lipinski definition) is 2. The monoisotopic (exact) mass is 235 g/mol. The van der Waals surface area contributed by atoms with Crippen molar-refractivity contribution < 1.29 is 4.79 Å². The number of nitrogens with two attached hydrogens (primary N) is 1. The molecule has 0 aliphatic carbocycles. The summed E-state index contributed by atoms with van der Waals surface area (Å²) in [6, 6.07) is 7.92. The summed E-state index contributed by atoms with van der Waals surface area (Å²) < 4.78 is 0. The Morgan fingerprint density at radius 2 is 2.24 bits per heavy atom. The minimum atomic E-state index is 0.0486. The lowest BCUT2D eigenvalue weighted by atomic mass is 10.2. The molecule has 4 nitrogen and oxygen atoms in total. The average molecular weight is 235 g/mol. The molecule has 0 unspecified atom stereocenters. The van der Waals surface area contributed by atoms with Gasteiger partial charge in [0.25, 0.3) is 0 Å². The molecule has 1 amide bonds. The smallest absolute Gasteiger partial charge is 0.239 e. The number of nitrogens with one attached hydrogen (secondary N) is 1. The molecule has 1 rings (SSSR count). The van der Waals surface area contributed by atoms with Crippen molar-refractivity contribution in [3.8, 4) is 0 Å². The van der Waals surface area contributed by atoms with Gasteiger partial charge in [-0.05, 0) is 24.1 Å². The van der Waals surface area contributed by atoms with E-state index in [1.54, 1.807) is 0 Å². The Kier molecular flexibility index (Phi) is 5.49. The molecule has 0 heterocycles. The summed E-state index contributed by atoms with van der Waals surface area (Å²) >= 11 is 0. The molecule has 0 aliphatic rings.